The number of rotatable bonds is 6. The molecule has 1 amide bonds. The zero-order chi connectivity index (χ0) is 18.5. The van der Waals surface area contributed by atoms with Gasteiger partial charge in [0.25, 0.3) is 5.91 Å². The van der Waals surface area contributed by atoms with Crippen LogP contribution in [0.25, 0.3) is 0 Å². The first-order chi connectivity index (χ1) is 12.6. The SMILES string of the molecule is COc1ccc(Br)cc1CN(C)C(=O)c1cnn(Cc2ccccc2)c1. The van der Waals surface area contributed by atoms with E-state index in [9.17, 15) is 4.79 Å². The Morgan fingerprint density at radius 1 is 1.23 bits per heavy atom. The van der Waals surface area contributed by atoms with Crippen molar-refractivity contribution in [1.82, 2.24) is 14.7 Å². The molecular weight excluding hydrogens is 394 g/mol. The fourth-order valence-electron chi connectivity index (χ4n) is 2.75. The average molecular weight is 414 g/mol. The number of hydrogen-bond donors (Lipinski definition) is 0. The Balaban J connectivity index is 1.70. The Hall–Kier alpha value is -2.60. The number of methoxy groups -OCH3 is 1. The lowest BCUT2D eigenvalue weighted by molar-refractivity contribution is 0.0784. The molecule has 1 heterocycles. The minimum Gasteiger partial charge on any atom is -0.496 e. The van der Waals surface area contributed by atoms with Crippen LogP contribution < -0.4 is 4.74 Å². The molecule has 3 aromatic rings. The summed E-state index contributed by atoms with van der Waals surface area (Å²) in [7, 11) is 3.40. The third kappa shape index (κ3) is 4.32. The van der Waals surface area contributed by atoms with Gasteiger partial charge in [0.15, 0.2) is 0 Å². The van der Waals surface area contributed by atoms with E-state index in [0.717, 1.165) is 21.3 Å². The molecule has 0 spiro atoms. The molecule has 0 aliphatic heterocycles. The molecule has 26 heavy (non-hydrogen) atoms. The number of carbonyl (C=O) groups excluding carboxylic acids is 1. The van der Waals surface area contributed by atoms with Gasteiger partial charge in [0.1, 0.15) is 5.75 Å². The van der Waals surface area contributed by atoms with Gasteiger partial charge in [0.05, 0.1) is 25.4 Å². The normalized spacial score (nSPS) is 10.6. The number of halogens is 1. The molecule has 0 aliphatic carbocycles. The highest BCUT2D eigenvalue weighted by Gasteiger charge is 2.16. The number of ether oxygens (including phenoxy) is 1. The minimum absolute atomic E-state index is 0.0775. The lowest BCUT2D eigenvalue weighted by Gasteiger charge is -2.18. The van der Waals surface area contributed by atoms with Crippen LogP contribution in [0, 0.1) is 0 Å². The van der Waals surface area contributed by atoms with Crippen molar-refractivity contribution >= 4 is 21.8 Å². The predicted molar refractivity (Wildman–Crippen MR) is 104 cm³/mol. The fraction of sp³-hybridized carbons (Fsp3) is 0.200. The summed E-state index contributed by atoms with van der Waals surface area (Å²) in [6.07, 6.45) is 3.39. The molecular formula is C20H20BrN3O2. The van der Waals surface area contributed by atoms with E-state index < -0.39 is 0 Å². The zero-order valence-electron chi connectivity index (χ0n) is 14.7. The summed E-state index contributed by atoms with van der Waals surface area (Å²) >= 11 is 3.46. The molecule has 6 heteroatoms. The van der Waals surface area contributed by atoms with Crippen molar-refractivity contribution in [3.63, 3.8) is 0 Å². The quantitative estimate of drug-likeness (QED) is 0.613. The van der Waals surface area contributed by atoms with Crippen LogP contribution in [0.5, 0.6) is 5.75 Å². The highest BCUT2D eigenvalue weighted by molar-refractivity contribution is 9.10. The Labute approximate surface area is 161 Å². The third-order valence-corrected chi connectivity index (χ3v) is 4.56. The number of hydrogen-bond acceptors (Lipinski definition) is 3. The molecule has 5 nitrogen and oxygen atoms in total. The standard InChI is InChI=1S/C20H20BrN3O2/c1-23(13-16-10-18(21)8-9-19(16)26-2)20(25)17-11-22-24(14-17)12-15-6-4-3-5-7-15/h3-11,14H,12-13H2,1-2H3. The van der Waals surface area contributed by atoms with E-state index in [4.69, 9.17) is 4.74 Å². The monoisotopic (exact) mass is 413 g/mol. The van der Waals surface area contributed by atoms with Crippen LogP contribution in [0.2, 0.25) is 0 Å². The van der Waals surface area contributed by atoms with Crippen molar-refractivity contribution in [2.45, 2.75) is 13.1 Å². The molecule has 0 aliphatic rings. The molecule has 0 saturated carbocycles. The predicted octanol–water partition coefficient (Wildman–Crippen LogP) is 3.97. The largest absolute Gasteiger partial charge is 0.496 e. The van der Waals surface area contributed by atoms with Gasteiger partial charge in [0, 0.05) is 29.8 Å². The Bertz CT molecular complexity index is 893. The van der Waals surface area contributed by atoms with Crippen LogP contribution in [0.1, 0.15) is 21.5 Å². The Kier molecular flexibility index (Phi) is 5.73. The Morgan fingerprint density at radius 3 is 2.73 bits per heavy atom. The van der Waals surface area contributed by atoms with E-state index in [1.54, 1.807) is 36.1 Å². The molecule has 0 radical (unpaired) electrons. The van der Waals surface area contributed by atoms with Gasteiger partial charge >= 0.3 is 0 Å². The van der Waals surface area contributed by atoms with E-state index in [2.05, 4.69) is 21.0 Å². The Morgan fingerprint density at radius 2 is 2.00 bits per heavy atom. The van der Waals surface area contributed by atoms with Gasteiger partial charge in [-0.3, -0.25) is 9.48 Å². The summed E-state index contributed by atoms with van der Waals surface area (Å²) in [6.45, 7) is 1.09. The minimum atomic E-state index is -0.0775. The van der Waals surface area contributed by atoms with Crippen molar-refractivity contribution in [2.24, 2.45) is 0 Å². The topological polar surface area (TPSA) is 47.4 Å². The van der Waals surface area contributed by atoms with Gasteiger partial charge in [-0.2, -0.15) is 5.10 Å². The van der Waals surface area contributed by atoms with Crippen molar-refractivity contribution in [1.29, 1.82) is 0 Å². The molecule has 0 N–H and O–H groups in total. The van der Waals surface area contributed by atoms with Gasteiger partial charge < -0.3 is 9.64 Å². The van der Waals surface area contributed by atoms with Gasteiger partial charge in [-0.05, 0) is 23.8 Å². The highest BCUT2D eigenvalue weighted by atomic mass is 79.9. The summed E-state index contributed by atoms with van der Waals surface area (Å²) in [5, 5.41) is 4.31. The second-order valence-corrected chi connectivity index (χ2v) is 6.95. The number of amides is 1. The lowest BCUT2D eigenvalue weighted by Crippen LogP contribution is -2.26. The van der Waals surface area contributed by atoms with Crippen LogP contribution in [-0.2, 0) is 13.1 Å². The van der Waals surface area contributed by atoms with Crippen molar-refractivity contribution in [3.8, 4) is 5.75 Å². The second kappa shape index (κ2) is 8.19. The summed E-state index contributed by atoms with van der Waals surface area (Å²) < 4.78 is 8.10. The average Bonchev–Trinajstić information content (AvgIpc) is 3.10. The van der Waals surface area contributed by atoms with Crippen molar-refractivity contribution < 1.29 is 9.53 Å². The first-order valence-electron chi connectivity index (χ1n) is 8.21. The fourth-order valence-corrected chi connectivity index (χ4v) is 3.16. The smallest absolute Gasteiger partial charge is 0.257 e. The molecule has 0 bridgehead atoms. The zero-order valence-corrected chi connectivity index (χ0v) is 16.3. The summed E-state index contributed by atoms with van der Waals surface area (Å²) in [6, 6.07) is 15.8. The lowest BCUT2D eigenvalue weighted by atomic mass is 10.2. The van der Waals surface area contributed by atoms with Gasteiger partial charge in [-0.1, -0.05) is 46.3 Å². The maximum Gasteiger partial charge on any atom is 0.257 e. The molecule has 3 rings (SSSR count). The van der Waals surface area contributed by atoms with Crippen LogP contribution in [-0.4, -0.2) is 34.7 Å². The van der Waals surface area contributed by atoms with E-state index >= 15 is 0 Å². The first kappa shape index (κ1) is 18.2. The van der Waals surface area contributed by atoms with Crippen molar-refractivity contribution in [2.75, 3.05) is 14.2 Å². The molecule has 134 valence electrons. The van der Waals surface area contributed by atoms with Gasteiger partial charge in [-0.15, -0.1) is 0 Å². The summed E-state index contributed by atoms with van der Waals surface area (Å²) in [5.41, 5.74) is 2.65. The maximum absolute atomic E-state index is 12.7. The molecule has 0 fully saturated rings. The van der Waals surface area contributed by atoms with E-state index in [-0.39, 0.29) is 5.91 Å². The number of aromatic nitrogens is 2. The van der Waals surface area contributed by atoms with Crippen LogP contribution in [0.3, 0.4) is 0 Å². The molecule has 2 aromatic carbocycles. The van der Waals surface area contributed by atoms with E-state index in [0.29, 0.717) is 18.7 Å². The maximum atomic E-state index is 12.7. The number of nitrogens with zero attached hydrogens (tertiary/aromatic N) is 3. The van der Waals surface area contributed by atoms with E-state index in [1.807, 2.05) is 48.5 Å². The summed E-state index contributed by atoms with van der Waals surface area (Å²) in [5.74, 6) is 0.680. The van der Waals surface area contributed by atoms with E-state index in [1.165, 1.54) is 0 Å². The molecule has 0 atom stereocenters. The molecule has 1 aromatic heterocycles. The summed E-state index contributed by atoms with van der Waals surface area (Å²) in [4.78, 5) is 14.4. The van der Waals surface area contributed by atoms with Crippen LogP contribution in [0.4, 0.5) is 0 Å². The second-order valence-electron chi connectivity index (χ2n) is 6.03. The van der Waals surface area contributed by atoms with Crippen LogP contribution >= 0.6 is 15.9 Å². The van der Waals surface area contributed by atoms with Crippen LogP contribution in [0.15, 0.2) is 65.4 Å². The highest BCUT2D eigenvalue weighted by Crippen LogP contribution is 2.24. The number of benzene rings is 2. The van der Waals surface area contributed by atoms with Gasteiger partial charge in [-0.25, -0.2) is 0 Å². The van der Waals surface area contributed by atoms with Gasteiger partial charge in [0.2, 0.25) is 0 Å². The molecule has 0 unspecified atom stereocenters. The molecule has 0 saturated heterocycles. The third-order valence-electron chi connectivity index (χ3n) is 4.06. The first-order valence-corrected chi connectivity index (χ1v) is 9.00. The van der Waals surface area contributed by atoms with Crippen molar-refractivity contribution in [3.05, 3.63) is 82.1 Å². The number of carbonyl (C=O) groups is 1.